The van der Waals surface area contributed by atoms with Gasteiger partial charge in [-0.05, 0) is 6.07 Å². The van der Waals surface area contributed by atoms with Crippen molar-refractivity contribution in [3.05, 3.63) is 28.9 Å². The summed E-state index contributed by atoms with van der Waals surface area (Å²) in [6, 6.07) is 3.98. The number of hydrogen-bond acceptors (Lipinski definition) is 3. The molecule has 6 heteroatoms. The highest BCUT2D eigenvalue weighted by Crippen LogP contribution is 2.26. The normalized spacial score (nSPS) is 12.9. The van der Waals surface area contributed by atoms with Crippen molar-refractivity contribution in [2.75, 3.05) is 0 Å². The molecule has 0 aliphatic rings. The molecule has 4 N–H and O–H groups in total. The van der Waals surface area contributed by atoms with Crippen LogP contribution in [0.25, 0.3) is 10.9 Å². The van der Waals surface area contributed by atoms with Crippen molar-refractivity contribution in [3.63, 3.8) is 0 Å². The number of rotatable bonds is 2. The molecule has 1 atom stereocenters. The van der Waals surface area contributed by atoms with Crippen molar-refractivity contribution in [1.29, 1.82) is 0 Å². The summed E-state index contributed by atoms with van der Waals surface area (Å²) in [5.74, 6) is -1.10. The van der Waals surface area contributed by atoms with E-state index in [9.17, 15) is 4.79 Å². The molecule has 1 aromatic heterocycles. The van der Waals surface area contributed by atoms with Crippen LogP contribution in [-0.4, -0.2) is 21.3 Å². The molecule has 78 valence electrons. The Kier molecular flexibility index (Phi) is 2.34. The molecule has 1 unspecified atom stereocenters. The number of nitrogens with zero attached hydrogens (tertiary/aromatic N) is 1. The smallest absolute Gasteiger partial charge is 0.325 e. The highest BCUT2D eigenvalue weighted by molar-refractivity contribution is 6.34. The second-order valence-electron chi connectivity index (χ2n) is 3.10. The number of benzene rings is 1. The number of halogens is 1. The molecule has 15 heavy (non-hydrogen) atoms. The summed E-state index contributed by atoms with van der Waals surface area (Å²) >= 11 is 5.82. The summed E-state index contributed by atoms with van der Waals surface area (Å²) in [5, 5.41) is 16.4. The van der Waals surface area contributed by atoms with Crippen LogP contribution in [0, 0.1) is 0 Å². The molecule has 0 amide bonds. The zero-order chi connectivity index (χ0) is 11.0. The molecule has 0 aliphatic carbocycles. The second-order valence-corrected chi connectivity index (χ2v) is 3.47. The van der Waals surface area contributed by atoms with Gasteiger partial charge in [0.15, 0.2) is 0 Å². The Hall–Kier alpha value is -1.59. The number of hydrogen-bond donors (Lipinski definition) is 3. The number of aromatic amines is 1. The van der Waals surface area contributed by atoms with Crippen LogP contribution >= 0.6 is 11.6 Å². The lowest BCUT2D eigenvalue weighted by Crippen LogP contribution is -2.20. The van der Waals surface area contributed by atoms with Gasteiger partial charge in [-0.3, -0.25) is 9.89 Å². The lowest BCUT2D eigenvalue weighted by atomic mass is 10.1. The standard InChI is InChI=1S/C9H8ClN3O2/c10-8-5-3-1-2-4(6(11)9(14)15)7(5)12-13-8/h1-3,6H,11H2,(H,12,13)(H,14,15). The first kappa shape index (κ1) is 9.95. The van der Waals surface area contributed by atoms with Crippen LogP contribution in [0.5, 0.6) is 0 Å². The van der Waals surface area contributed by atoms with Crippen LogP contribution in [0.15, 0.2) is 18.2 Å². The Labute approximate surface area is 89.8 Å². The lowest BCUT2D eigenvalue weighted by Gasteiger charge is -2.06. The molecule has 2 rings (SSSR count). The van der Waals surface area contributed by atoms with Crippen molar-refractivity contribution in [2.24, 2.45) is 5.73 Å². The van der Waals surface area contributed by atoms with Crippen molar-refractivity contribution >= 4 is 28.5 Å². The van der Waals surface area contributed by atoms with Crippen LogP contribution in [0.4, 0.5) is 0 Å². The van der Waals surface area contributed by atoms with Gasteiger partial charge in [-0.25, -0.2) is 0 Å². The van der Waals surface area contributed by atoms with E-state index in [2.05, 4.69) is 10.2 Å². The molecule has 2 aromatic rings. The fourth-order valence-electron chi connectivity index (χ4n) is 1.41. The largest absolute Gasteiger partial charge is 0.480 e. The third-order valence-electron chi connectivity index (χ3n) is 2.17. The Morgan fingerprint density at radius 3 is 3.00 bits per heavy atom. The van der Waals surface area contributed by atoms with E-state index in [1.807, 2.05) is 0 Å². The van der Waals surface area contributed by atoms with E-state index >= 15 is 0 Å². The Bertz CT molecular complexity index is 523. The Morgan fingerprint density at radius 2 is 2.33 bits per heavy atom. The Balaban J connectivity index is 2.66. The number of carboxylic acid groups (broad SMARTS) is 1. The van der Waals surface area contributed by atoms with Crippen LogP contribution in [-0.2, 0) is 4.79 Å². The van der Waals surface area contributed by atoms with Crippen LogP contribution < -0.4 is 5.73 Å². The topological polar surface area (TPSA) is 92.0 Å². The number of aromatic nitrogens is 2. The quantitative estimate of drug-likeness (QED) is 0.718. The minimum atomic E-state index is -1.10. The minimum Gasteiger partial charge on any atom is -0.480 e. The zero-order valence-electron chi connectivity index (χ0n) is 7.57. The summed E-state index contributed by atoms with van der Waals surface area (Å²) in [6.07, 6.45) is 0. The second kappa shape index (κ2) is 3.52. The fraction of sp³-hybridized carbons (Fsp3) is 0.111. The zero-order valence-corrected chi connectivity index (χ0v) is 8.32. The van der Waals surface area contributed by atoms with E-state index in [1.165, 1.54) is 0 Å². The molecule has 0 bridgehead atoms. The van der Waals surface area contributed by atoms with E-state index in [4.69, 9.17) is 22.4 Å². The maximum atomic E-state index is 10.8. The molecular formula is C9H8ClN3O2. The predicted molar refractivity (Wildman–Crippen MR) is 55.7 cm³/mol. The number of H-pyrrole nitrogens is 1. The van der Waals surface area contributed by atoms with Gasteiger partial charge in [-0.1, -0.05) is 23.7 Å². The first-order valence-corrected chi connectivity index (χ1v) is 4.60. The number of fused-ring (bicyclic) bond motifs is 1. The predicted octanol–water partition coefficient (Wildman–Crippen LogP) is 1.30. The van der Waals surface area contributed by atoms with Gasteiger partial charge < -0.3 is 10.8 Å². The average Bonchev–Trinajstić information content (AvgIpc) is 2.59. The maximum absolute atomic E-state index is 10.8. The van der Waals surface area contributed by atoms with E-state index in [-0.39, 0.29) is 0 Å². The van der Waals surface area contributed by atoms with Gasteiger partial charge >= 0.3 is 5.97 Å². The molecular weight excluding hydrogens is 218 g/mol. The third kappa shape index (κ3) is 1.55. The molecule has 0 spiro atoms. The lowest BCUT2D eigenvalue weighted by molar-refractivity contribution is -0.138. The third-order valence-corrected chi connectivity index (χ3v) is 2.46. The summed E-state index contributed by atoms with van der Waals surface area (Å²) in [7, 11) is 0. The SMILES string of the molecule is NC(C(=O)O)c1cccc2c(Cl)[nH]nc12. The first-order chi connectivity index (χ1) is 7.11. The van der Waals surface area contributed by atoms with Gasteiger partial charge in [0.1, 0.15) is 11.2 Å². The number of aliphatic carboxylic acids is 1. The van der Waals surface area contributed by atoms with E-state index in [1.54, 1.807) is 18.2 Å². The minimum absolute atomic E-state index is 0.379. The Morgan fingerprint density at radius 1 is 1.60 bits per heavy atom. The van der Waals surface area contributed by atoms with Gasteiger partial charge in [-0.15, -0.1) is 0 Å². The highest BCUT2D eigenvalue weighted by Gasteiger charge is 2.18. The summed E-state index contributed by atoms with van der Waals surface area (Å²) in [4.78, 5) is 10.8. The van der Waals surface area contributed by atoms with E-state index < -0.39 is 12.0 Å². The van der Waals surface area contributed by atoms with E-state index in [0.717, 1.165) is 0 Å². The van der Waals surface area contributed by atoms with Crippen molar-refractivity contribution in [1.82, 2.24) is 10.2 Å². The molecule has 0 radical (unpaired) electrons. The van der Waals surface area contributed by atoms with Gasteiger partial charge in [0.2, 0.25) is 0 Å². The van der Waals surface area contributed by atoms with Crippen LogP contribution in [0.2, 0.25) is 5.15 Å². The van der Waals surface area contributed by atoms with Crippen molar-refractivity contribution < 1.29 is 9.90 Å². The number of para-hydroxylation sites is 1. The van der Waals surface area contributed by atoms with E-state index in [0.29, 0.717) is 21.6 Å². The average molecular weight is 226 g/mol. The highest BCUT2D eigenvalue weighted by atomic mass is 35.5. The molecule has 1 aromatic carbocycles. The van der Waals surface area contributed by atoms with Gasteiger partial charge in [0.05, 0.1) is 5.52 Å². The summed E-state index contributed by atoms with van der Waals surface area (Å²) < 4.78 is 0. The fourth-order valence-corrected chi connectivity index (χ4v) is 1.61. The molecule has 0 aliphatic heterocycles. The monoisotopic (exact) mass is 225 g/mol. The molecule has 1 heterocycles. The molecule has 0 saturated carbocycles. The summed E-state index contributed by atoms with van der Waals surface area (Å²) in [5.41, 5.74) is 6.46. The van der Waals surface area contributed by atoms with Gasteiger partial charge in [-0.2, -0.15) is 5.10 Å². The van der Waals surface area contributed by atoms with Gasteiger partial charge in [0, 0.05) is 10.9 Å². The number of nitrogens with one attached hydrogen (secondary N) is 1. The molecule has 5 nitrogen and oxygen atoms in total. The molecule has 0 saturated heterocycles. The van der Waals surface area contributed by atoms with Crippen molar-refractivity contribution in [2.45, 2.75) is 6.04 Å². The first-order valence-electron chi connectivity index (χ1n) is 4.22. The molecule has 0 fully saturated rings. The number of carboxylic acids is 1. The maximum Gasteiger partial charge on any atom is 0.325 e. The number of nitrogens with two attached hydrogens (primary N) is 1. The van der Waals surface area contributed by atoms with Crippen molar-refractivity contribution in [3.8, 4) is 0 Å². The summed E-state index contributed by atoms with van der Waals surface area (Å²) in [6.45, 7) is 0. The van der Waals surface area contributed by atoms with Crippen LogP contribution in [0.1, 0.15) is 11.6 Å². The van der Waals surface area contributed by atoms with Gasteiger partial charge in [0.25, 0.3) is 0 Å². The van der Waals surface area contributed by atoms with Crippen LogP contribution in [0.3, 0.4) is 0 Å². The number of carbonyl (C=O) groups is 1.